The molecule has 5 rings (SSSR count). The summed E-state index contributed by atoms with van der Waals surface area (Å²) in [7, 11) is 4.29. The maximum absolute atomic E-state index is 14.6. The van der Waals surface area contributed by atoms with E-state index in [1.807, 2.05) is 6.92 Å². The molecule has 3 aliphatic heterocycles. The van der Waals surface area contributed by atoms with Crippen molar-refractivity contribution in [2.75, 3.05) is 27.9 Å². The number of aliphatic hydroxyl groups is 2. The van der Waals surface area contributed by atoms with Crippen molar-refractivity contribution in [2.45, 2.75) is 180 Å². The number of amides is 1. The summed E-state index contributed by atoms with van der Waals surface area (Å²) in [4.78, 5) is 73.3. The van der Waals surface area contributed by atoms with Gasteiger partial charge in [0.2, 0.25) is 5.79 Å². The van der Waals surface area contributed by atoms with Crippen molar-refractivity contribution < 1.29 is 64.7 Å². The Labute approximate surface area is 421 Å². The minimum atomic E-state index is -2.99. The van der Waals surface area contributed by atoms with Crippen LogP contribution in [0.2, 0.25) is 0 Å². The Balaban J connectivity index is 1.56. The molecule has 1 aliphatic carbocycles. The van der Waals surface area contributed by atoms with Crippen LogP contribution in [0, 0.1) is 41.4 Å². The Kier molecular flexibility index (Phi) is 18.3. The normalized spacial score (nSPS) is 42.8. The maximum Gasteiger partial charge on any atom is 0.329 e. The fourth-order valence-corrected chi connectivity index (χ4v) is 10.4. The molecular weight excluding hydrogens is 899 g/mol. The van der Waals surface area contributed by atoms with Crippen LogP contribution in [0.15, 0.2) is 53.9 Å². The van der Waals surface area contributed by atoms with E-state index in [9.17, 15) is 36.9 Å². The summed E-state index contributed by atoms with van der Waals surface area (Å²) in [5.41, 5.74) is 0.676. The van der Waals surface area contributed by atoms with E-state index in [1.165, 1.54) is 54.3 Å². The molecule has 70 heavy (non-hydrogen) atoms. The van der Waals surface area contributed by atoms with Crippen molar-refractivity contribution in [3.8, 4) is 0 Å². The van der Waals surface area contributed by atoms with Gasteiger partial charge in [-0.1, -0.05) is 77.9 Å². The van der Waals surface area contributed by atoms with Crippen LogP contribution in [0.5, 0.6) is 0 Å². The molecule has 0 radical (unpaired) electrons. The van der Waals surface area contributed by atoms with Gasteiger partial charge >= 0.3 is 5.97 Å². The standard InChI is InChI=1S/C53H81N5O12/c1-31-17-13-12-14-18-32(2)44(66-9)28-40-22-20-36(6)53(65,70-40)50(62)51(63)57-24-16-15-19-42(57)52(64)69-45(34(4)26-39-21-23-41(46(27-39)67-10)58-30-54-55-56-58)29-43(59)33(3)25-35(5)47(60)49(68-11)48(61)38(8)37(31)7/h12-14,17-18,25,30-31,33-34,36-42,44-47,49,60,65H,15-16,19-24,26-29H2,1-11H3/b14-12+,17-13+,32-18+,35-25+/t31-,33-,34-,36-,37?,38-,39+,40+,41+,42+,44+,45+,46-,47-,49-,53-/m1/s1/i3D3,31D,37D. The van der Waals surface area contributed by atoms with E-state index >= 15 is 0 Å². The number of ether oxygens (including phenoxy) is 5. The van der Waals surface area contributed by atoms with Gasteiger partial charge in [0.05, 0.1) is 24.4 Å². The van der Waals surface area contributed by atoms with Gasteiger partial charge in [-0.2, -0.15) is 0 Å². The van der Waals surface area contributed by atoms with E-state index in [0.717, 1.165) is 16.5 Å². The second kappa shape index (κ2) is 25.9. The number of aliphatic hydroxyl groups excluding tert-OH is 1. The van der Waals surface area contributed by atoms with Crippen LogP contribution in [0.4, 0.5) is 0 Å². The summed E-state index contributed by atoms with van der Waals surface area (Å²) >= 11 is 0. The second-order valence-corrected chi connectivity index (χ2v) is 20.0. The number of methoxy groups -OCH3 is 3. The summed E-state index contributed by atoms with van der Waals surface area (Å²) < 4.78 is 75.4. The lowest BCUT2D eigenvalue weighted by molar-refractivity contribution is -0.265. The molecule has 390 valence electrons. The van der Waals surface area contributed by atoms with Crippen molar-refractivity contribution in [2.24, 2.45) is 41.4 Å². The van der Waals surface area contributed by atoms with Crippen LogP contribution in [0.3, 0.4) is 0 Å². The number of tetrazole rings is 1. The zero-order chi connectivity index (χ0) is 55.8. The number of allylic oxidation sites excluding steroid dienone is 6. The number of carbonyl (C=O) groups excluding carboxylic acids is 5. The van der Waals surface area contributed by atoms with Gasteiger partial charge in [0, 0.05) is 65.3 Å². The first-order valence-electron chi connectivity index (χ1n) is 27.4. The number of aromatic nitrogens is 4. The molecular formula is C53H81N5O12. The van der Waals surface area contributed by atoms with Gasteiger partial charge in [-0.15, -0.1) is 5.10 Å². The SMILES string of the molecule is [2H]C([2H])([2H])[C@@H]1/C=C(\C)[C@@H](O)[C@@H](OC)C(=O)[C@H](C)C([2H])(C)[C@]([2H])(C)/C=C/C=C/C=C(\C)[C@@H](OC)C[C@@H]2CC[C@@H](C)[C@@](O)(O2)C(=O)C(=O)N2CCCC[C@H]2C(=O)O[C@H]([C@H](C)C[C@@H]2CC[C@H](n3cnnn3)[C@H](OC)C2)CC1=O. The molecule has 16 atom stereocenters. The molecule has 2 saturated heterocycles. The van der Waals surface area contributed by atoms with Gasteiger partial charge in [0.25, 0.3) is 11.7 Å². The molecule has 4 heterocycles. The number of carbonyl (C=O) groups is 5. The van der Waals surface area contributed by atoms with Crippen LogP contribution in [0.1, 0.15) is 139 Å². The molecule has 2 bridgehead atoms. The van der Waals surface area contributed by atoms with Crippen LogP contribution < -0.4 is 0 Å². The summed E-state index contributed by atoms with van der Waals surface area (Å²) in [5, 5.41) is 35.4. The molecule has 1 aromatic heterocycles. The van der Waals surface area contributed by atoms with E-state index in [4.69, 9.17) is 27.8 Å². The highest BCUT2D eigenvalue weighted by Gasteiger charge is 2.53. The number of Topliss-reactive ketones (excluding diaryl/α,β-unsaturated/α-hetero) is 3. The highest BCUT2D eigenvalue weighted by Crippen LogP contribution is 2.39. The topological polar surface area (TPSA) is 219 Å². The summed E-state index contributed by atoms with van der Waals surface area (Å²) in [5.74, 6) is -15.3. The molecule has 1 aromatic rings. The molecule has 3 fully saturated rings. The van der Waals surface area contributed by atoms with E-state index in [-0.39, 0.29) is 43.0 Å². The number of fused-ring (bicyclic) bond motifs is 3. The van der Waals surface area contributed by atoms with Gasteiger partial charge in [-0.3, -0.25) is 19.2 Å². The summed E-state index contributed by atoms with van der Waals surface area (Å²) in [6.07, 6.45) is 8.30. The minimum absolute atomic E-state index is 0.0133. The number of cyclic esters (lactones) is 1. The predicted molar refractivity (Wildman–Crippen MR) is 261 cm³/mol. The lowest BCUT2D eigenvalue weighted by atomic mass is 9.77. The molecule has 2 N–H and O–H groups in total. The third kappa shape index (κ3) is 13.8. The van der Waals surface area contributed by atoms with Gasteiger partial charge in [0.15, 0.2) is 5.78 Å². The summed E-state index contributed by atoms with van der Waals surface area (Å²) in [6.45, 7) is 7.96. The number of ketones is 3. The molecule has 0 aromatic carbocycles. The predicted octanol–water partition coefficient (Wildman–Crippen LogP) is 6.29. The Hall–Kier alpha value is -4.26. The van der Waals surface area contributed by atoms with Gasteiger partial charge < -0.3 is 38.8 Å². The number of hydrogen-bond acceptors (Lipinski definition) is 15. The zero-order valence-electron chi connectivity index (χ0n) is 47.7. The maximum atomic E-state index is 14.6. The monoisotopic (exact) mass is 985 g/mol. The van der Waals surface area contributed by atoms with Crippen LogP contribution in [-0.4, -0.2) is 141 Å². The lowest BCUT2D eigenvalue weighted by Gasteiger charge is -2.42. The van der Waals surface area contributed by atoms with E-state index in [2.05, 4.69) is 15.5 Å². The third-order valence-corrected chi connectivity index (χ3v) is 15.3. The molecule has 1 saturated carbocycles. The molecule has 17 heteroatoms. The number of esters is 1. The Morgan fingerprint density at radius 2 is 1.70 bits per heavy atom. The van der Waals surface area contributed by atoms with Crippen LogP contribution in [-0.2, 0) is 47.7 Å². The second-order valence-electron chi connectivity index (χ2n) is 20.0. The Morgan fingerprint density at radius 1 is 0.943 bits per heavy atom. The number of hydrogen-bond donors (Lipinski definition) is 2. The average molecular weight is 985 g/mol. The third-order valence-electron chi connectivity index (χ3n) is 15.3. The first kappa shape index (κ1) is 49.3. The number of nitrogens with zero attached hydrogens (tertiary/aromatic N) is 5. The minimum Gasteiger partial charge on any atom is -0.460 e. The molecule has 4 aliphatic rings. The fraction of sp³-hybridized carbons (Fsp3) is 0.736. The van der Waals surface area contributed by atoms with Gasteiger partial charge in [-0.05, 0) is 117 Å². The van der Waals surface area contributed by atoms with Gasteiger partial charge in [0.1, 0.15) is 36.5 Å². The molecule has 1 amide bonds. The number of piperidine rings is 1. The van der Waals surface area contributed by atoms with Crippen molar-refractivity contribution in [3.63, 3.8) is 0 Å². The quantitative estimate of drug-likeness (QED) is 0.174. The van der Waals surface area contributed by atoms with E-state index in [0.29, 0.717) is 51.4 Å². The van der Waals surface area contributed by atoms with Gasteiger partial charge in [-0.25, -0.2) is 9.48 Å². The first-order valence-corrected chi connectivity index (χ1v) is 24.9. The smallest absolute Gasteiger partial charge is 0.329 e. The van der Waals surface area contributed by atoms with Crippen molar-refractivity contribution >= 4 is 29.2 Å². The van der Waals surface area contributed by atoms with E-state index < -0.39 is 120 Å². The van der Waals surface area contributed by atoms with Crippen LogP contribution in [0.25, 0.3) is 0 Å². The zero-order valence-corrected chi connectivity index (χ0v) is 42.7. The van der Waals surface area contributed by atoms with Crippen molar-refractivity contribution in [1.82, 2.24) is 25.1 Å². The Bertz CT molecular complexity index is 2270. The Morgan fingerprint density at radius 3 is 2.37 bits per heavy atom. The lowest BCUT2D eigenvalue weighted by Crippen LogP contribution is -2.61. The molecule has 17 nitrogen and oxygen atoms in total. The average Bonchev–Trinajstić information content (AvgIpc) is 3.91. The highest BCUT2D eigenvalue weighted by atomic mass is 16.6. The fourth-order valence-electron chi connectivity index (χ4n) is 10.4. The van der Waals surface area contributed by atoms with Crippen molar-refractivity contribution in [3.05, 3.63) is 53.9 Å². The summed E-state index contributed by atoms with van der Waals surface area (Å²) in [6, 6.07) is -1.44. The molecule has 1 unspecified atom stereocenters. The van der Waals surface area contributed by atoms with E-state index in [1.54, 1.807) is 49.9 Å². The molecule has 0 spiro atoms. The van der Waals surface area contributed by atoms with Crippen molar-refractivity contribution in [1.29, 1.82) is 0 Å². The van der Waals surface area contributed by atoms with Crippen LogP contribution >= 0.6 is 0 Å². The highest BCUT2D eigenvalue weighted by molar-refractivity contribution is 6.39. The number of rotatable bonds is 7. The first-order chi connectivity index (χ1) is 35.1. The largest absolute Gasteiger partial charge is 0.460 e.